The first kappa shape index (κ1) is 14.1. The molecule has 19 heavy (non-hydrogen) atoms. The van der Waals surface area contributed by atoms with Gasteiger partial charge in [0.2, 0.25) is 5.88 Å². The van der Waals surface area contributed by atoms with Gasteiger partial charge < -0.3 is 14.4 Å². The van der Waals surface area contributed by atoms with Gasteiger partial charge in [-0.1, -0.05) is 11.6 Å². The molecule has 5 nitrogen and oxygen atoms in total. The van der Waals surface area contributed by atoms with Crippen molar-refractivity contribution in [1.82, 2.24) is 9.88 Å². The van der Waals surface area contributed by atoms with Crippen LogP contribution in [0.3, 0.4) is 0 Å². The van der Waals surface area contributed by atoms with Gasteiger partial charge in [0, 0.05) is 11.0 Å². The van der Waals surface area contributed by atoms with Gasteiger partial charge in [0.15, 0.2) is 0 Å². The summed E-state index contributed by atoms with van der Waals surface area (Å²) < 4.78 is 10.7. The van der Waals surface area contributed by atoms with E-state index in [-0.39, 0.29) is 6.09 Å². The molecule has 0 atom stereocenters. The zero-order chi connectivity index (χ0) is 13.8. The van der Waals surface area contributed by atoms with Crippen LogP contribution in [0.1, 0.15) is 5.69 Å². The number of amides is 1. The number of aromatic nitrogens is 1. The van der Waals surface area contributed by atoms with E-state index in [2.05, 4.69) is 20.9 Å². The first-order valence-corrected chi connectivity index (χ1v) is 6.77. The minimum atomic E-state index is -0.293. The van der Waals surface area contributed by atoms with Gasteiger partial charge in [-0.2, -0.15) is 0 Å². The van der Waals surface area contributed by atoms with Crippen LogP contribution in [-0.4, -0.2) is 42.8 Å². The Labute approximate surface area is 124 Å². The molecular formula is C12H12BrClN2O3. The largest absolute Gasteiger partial charge is 0.480 e. The van der Waals surface area contributed by atoms with Crippen LogP contribution in [0.2, 0.25) is 5.02 Å². The smallest absolute Gasteiger partial charge is 0.410 e. The molecule has 1 fully saturated rings. The summed E-state index contributed by atoms with van der Waals surface area (Å²) in [7, 11) is 1.51. The topological polar surface area (TPSA) is 51.7 Å². The average Bonchev–Trinajstić information content (AvgIpc) is 2.82. The molecule has 0 unspecified atom stereocenters. The van der Waals surface area contributed by atoms with Gasteiger partial charge in [-0.3, -0.25) is 0 Å². The highest BCUT2D eigenvalue weighted by Gasteiger charge is 2.20. The third kappa shape index (κ3) is 3.39. The molecule has 102 valence electrons. The number of cyclic esters (lactones) is 1. The molecule has 0 aromatic carbocycles. The minimum absolute atomic E-state index is 0.293. The second-order valence-corrected chi connectivity index (χ2v) is 5.06. The number of pyridine rings is 1. The Morgan fingerprint density at radius 1 is 1.68 bits per heavy atom. The second kappa shape index (κ2) is 6.25. The predicted octanol–water partition coefficient (Wildman–Crippen LogP) is 2.93. The quantitative estimate of drug-likeness (QED) is 0.840. The molecule has 0 N–H and O–H groups in total. The van der Waals surface area contributed by atoms with E-state index < -0.39 is 0 Å². The number of hydrogen-bond donors (Lipinski definition) is 0. The Balaban J connectivity index is 2.10. The predicted molar refractivity (Wildman–Crippen MR) is 75.6 cm³/mol. The van der Waals surface area contributed by atoms with Crippen molar-refractivity contribution in [1.29, 1.82) is 0 Å². The Morgan fingerprint density at radius 3 is 3.11 bits per heavy atom. The van der Waals surface area contributed by atoms with E-state index in [1.54, 1.807) is 17.0 Å². The standard InChI is InChI=1S/C12H12BrClN2O3/c1-18-11-9(14)2-3-10(15-11)8(13)4-5-16-6-7-19-12(16)17/h2-4H,5-7H2,1H3/b8-4+. The van der Waals surface area contributed by atoms with E-state index in [1.807, 2.05) is 6.08 Å². The number of carbonyl (C=O) groups is 1. The summed E-state index contributed by atoms with van der Waals surface area (Å²) in [5.41, 5.74) is 0.689. The molecule has 0 spiro atoms. The third-order valence-corrected chi connectivity index (χ3v) is 3.61. The highest BCUT2D eigenvalue weighted by molar-refractivity contribution is 9.15. The Hall–Kier alpha value is -1.27. The van der Waals surface area contributed by atoms with Gasteiger partial charge >= 0.3 is 6.09 Å². The maximum atomic E-state index is 11.3. The minimum Gasteiger partial charge on any atom is -0.480 e. The number of hydrogen-bond acceptors (Lipinski definition) is 4. The molecule has 0 bridgehead atoms. The molecule has 1 saturated heterocycles. The summed E-state index contributed by atoms with van der Waals surface area (Å²) in [6.45, 7) is 1.51. The van der Waals surface area contributed by atoms with E-state index in [0.29, 0.717) is 36.3 Å². The summed E-state index contributed by atoms with van der Waals surface area (Å²) in [6.07, 6.45) is 1.56. The molecule has 7 heteroatoms. The van der Waals surface area contributed by atoms with E-state index in [1.165, 1.54) is 7.11 Å². The first-order chi connectivity index (χ1) is 9.11. The molecule has 0 radical (unpaired) electrons. The number of ether oxygens (including phenoxy) is 2. The van der Waals surface area contributed by atoms with Crippen molar-refractivity contribution >= 4 is 38.1 Å². The highest BCUT2D eigenvalue weighted by Crippen LogP contribution is 2.27. The van der Waals surface area contributed by atoms with Crippen molar-refractivity contribution in [3.8, 4) is 5.88 Å². The Kier molecular flexibility index (Phi) is 4.66. The van der Waals surface area contributed by atoms with Crippen molar-refractivity contribution < 1.29 is 14.3 Å². The molecule has 1 aromatic rings. The molecular weight excluding hydrogens is 336 g/mol. The van der Waals surface area contributed by atoms with Crippen LogP contribution in [0.5, 0.6) is 5.88 Å². The van der Waals surface area contributed by atoms with Crippen LogP contribution in [-0.2, 0) is 4.74 Å². The fourth-order valence-electron chi connectivity index (χ4n) is 1.59. The zero-order valence-electron chi connectivity index (χ0n) is 10.2. The molecule has 2 heterocycles. The Bertz CT molecular complexity index is 522. The maximum Gasteiger partial charge on any atom is 0.410 e. The lowest BCUT2D eigenvalue weighted by molar-refractivity contribution is 0.161. The van der Waals surface area contributed by atoms with Crippen LogP contribution in [0.15, 0.2) is 18.2 Å². The van der Waals surface area contributed by atoms with E-state index in [9.17, 15) is 4.79 Å². The second-order valence-electron chi connectivity index (χ2n) is 3.80. The van der Waals surface area contributed by atoms with Crippen LogP contribution in [0, 0.1) is 0 Å². The third-order valence-electron chi connectivity index (χ3n) is 2.59. The molecule has 0 saturated carbocycles. The highest BCUT2D eigenvalue weighted by atomic mass is 79.9. The fourth-order valence-corrected chi connectivity index (χ4v) is 2.13. The van der Waals surface area contributed by atoms with Crippen LogP contribution in [0.4, 0.5) is 4.79 Å². The molecule has 1 aromatic heterocycles. The van der Waals surface area contributed by atoms with E-state index in [0.717, 1.165) is 4.48 Å². The average molecular weight is 348 g/mol. The first-order valence-electron chi connectivity index (χ1n) is 5.60. The summed E-state index contributed by atoms with van der Waals surface area (Å²) >= 11 is 9.33. The van der Waals surface area contributed by atoms with Gasteiger partial charge in [-0.25, -0.2) is 9.78 Å². The number of methoxy groups -OCH3 is 1. The van der Waals surface area contributed by atoms with Gasteiger partial charge in [-0.15, -0.1) is 0 Å². The lowest BCUT2D eigenvalue weighted by atomic mass is 10.3. The lowest BCUT2D eigenvalue weighted by Crippen LogP contribution is -2.24. The number of halogens is 2. The molecule has 1 amide bonds. The SMILES string of the molecule is COc1nc(/C(Br)=C\CN2CCOC2=O)ccc1Cl. The molecule has 0 aliphatic carbocycles. The van der Waals surface area contributed by atoms with Gasteiger partial charge in [0.25, 0.3) is 0 Å². The van der Waals surface area contributed by atoms with Gasteiger partial charge in [0.05, 0.1) is 19.3 Å². The van der Waals surface area contributed by atoms with Gasteiger partial charge in [0.1, 0.15) is 11.6 Å². The van der Waals surface area contributed by atoms with Crippen molar-refractivity contribution in [3.63, 3.8) is 0 Å². The van der Waals surface area contributed by atoms with Crippen LogP contribution in [0.25, 0.3) is 4.48 Å². The summed E-state index contributed by atoms with van der Waals surface area (Å²) in [6, 6.07) is 3.48. The lowest BCUT2D eigenvalue weighted by Gasteiger charge is -2.10. The van der Waals surface area contributed by atoms with Crippen molar-refractivity contribution in [2.24, 2.45) is 0 Å². The maximum absolute atomic E-state index is 11.3. The normalized spacial score (nSPS) is 15.6. The fraction of sp³-hybridized carbons (Fsp3) is 0.333. The van der Waals surface area contributed by atoms with Crippen molar-refractivity contribution in [2.75, 3.05) is 26.8 Å². The Morgan fingerprint density at radius 2 is 2.47 bits per heavy atom. The summed E-state index contributed by atoms with van der Waals surface area (Å²) in [5, 5.41) is 0.453. The zero-order valence-corrected chi connectivity index (χ0v) is 12.6. The molecule has 2 rings (SSSR count). The summed E-state index contributed by atoms with van der Waals surface area (Å²) in [4.78, 5) is 17.1. The van der Waals surface area contributed by atoms with Crippen LogP contribution < -0.4 is 4.74 Å². The molecule has 1 aliphatic rings. The van der Waals surface area contributed by atoms with Crippen molar-refractivity contribution in [3.05, 3.63) is 28.9 Å². The van der Waals surface area contributed by atoms with Gasteiger partial charge in [-0.05, 0) is 34.1 Å². The van der Waals surface area contributed by atoms with Crippen LogP contribution >= 0.6 is 27.5 Å². The number of nitrogens with zero attached hydrogens (tertiary/aromatic N) is 2. The monoisotopic (exact) mass is 346 g/mol. The number of carbonyl (C=O) groups excluding carboxylic acids is 1. The van der Waals surface area contributed by atoms with E-state index >= 15 is 0 Å². The molecule has 1 aliphatic heterocycles. The van der Waals surface area contributed by atoms with Crippen molar-refractivity contribution in [2.45, 2.75) is 0 Å². The summed E-state index contributed by atoms with van der Waals surface area (Å²) in [5.74, 6) is 0.366. The number of rotatable bonds is 4. The van der Waals surface area contributed by atoms with E-state index in [4.69, 9.17) is 21.1 Å².